The van der Waals surface area contributed by atoms with Gasteiger partial charge < -0.3 is 4.98 Å². The van der Waals surface area contributed by atoms with Gasteiger partial charge >= 0.3 is 5.69 Å². The van der Waals surface area contributed by atoms with Gasteiger partial charge in [-0.2, -0.15) is 0 Å². The van der Waals surface area contributed by atoms with E-state index in [4.69, 9.17) is 30.2 Å². The summed E-state index contributed by atoms with van der Waals surface area (Å²) in [6, 6.07) is 0. The van der Waals surface area contributed by atoms with Crippen LogP contribution in [-0.4, -0.2) is 19.1 Å². The van der Waals surface area contributed by atoms with Crippen molar-refractivity contribution >= 4 is 11.2 Å². The highest BCUT2D eigenvalue weighted by Gasteiger charge is 2.59. The number of aryl methyl sites for hydroxylation is 1. The lowest BCUT2D eigenvalue weighted by Gasteiger charge is -2.30. The summed E-state index contributed by atoms with van der Waals surface area (Å²) in [5.41, 5.74) is -9.98. The molecule has 6 nitrogen and oxygen atoms in total. The summed E-state index contributed by atoms with van der Waals surface area (Å²) in [6.07, 6.45) is -25.3. The monoisotopic (exact) mass is 379 g/mol. The van der Waals surface area contributed by atoms with Crippen LogP contribution in [0.15, 0.2) is 9.59 Å². The Morgan fingerprint density at radius 2 is 2.12 bits per heavy atom. The van der Waals surface area contributed by atoms with Crippen molar-refractivity contribution in [2.45, 2.75) is 76.8 Å². The van der Waals surface area contributed by atoms with Crippen molar-refractivity contribution in [2.24, 2.45) is 17.7 Å². The largest absolute Gasteiger partial charge is 0.336 e. The van der Waals surface area contributed by atoms with E-state index in [-0.39, 0.29) is 9.13 Å². The molecule has 26 heavy (non-hydrogen) atoms. The van der Waals surface area contributed by atoms with Crippen LogP contribution >= 0.6 is 0 Å². The molecule has 0 amide bonds. The molecule has 2 heterocycles. The van der Waals surface area contributed by atoms with E-state index in [2.05, 4.69) is 9.97 Å². The molecule has 0 saturated heterocycles. The van der Waals surface area contributed by atoms with Gasteiger partial charge in [0.2, 0.25) is 0 Å². The first-order valence-corrected chi connectivity index (χ1v) is 7.64. The summed E-state index contributed by atoms with van der Waals surface area (Å²) in [5, 5.41) is 0. The van der Waals surface area contributed by atoms with E-state index in [0.29, 0.717) is 0 Å². The van der Waals surface area contributed by atoms with Gasteiger partial charge in [0.05, 0.1) is 0 Å². The first kappa shape index (κ1) is 4.95. The number of nitrogens with one attached hydrogen (secondary N) is 1. The Bertz CT molecular complexity index is 1850. The second-order valence-electron chi connectivity index (χ2n) is 5.85. The molecule has 1 N–H and O–H groups in total. The highest BCUT2D eigenvalue weighted by Crippen LogP contribution is 2.65. The molecule has 140 valence electrons. The first-order chi connectivity index (χ1) is 21.4. The van der Waals surface area contributed by atoms with Crippen molar-refractivity contribution in [1.29, 1.82) is 0 Å². The zero-order chi connectivity index (χ0) is 38.4. The van der Waals surface area contributed by atoms with Crippen molar-refractivity contribution in [3.05, 3.63) is 26.7 Å². The molecule has 2 aromatic rings. The molecule has 4 aliphatic rings. The Morgan fingerprint density at radius 1 is 1.31 bits per heavy atom. The fourth-order valence-corrected chi connectivity index (χ4v) is 3.30. The van der Waals surface area contributed by atoms with E-state index in [0.717, 1.165) is 0 Å². The summed E-state index contributed by atoms with van der Waals surface area (Å²) in [6.45, 7) is -11.8. The molecule has 2 unspecified atom stereocenters. The molecule has 4 bridgehead atoms. The number of hydrogen-bond acceptors (Lipinski definition) is 3. The van der Waals surface area contributed by atoms with E-state index < -0.39 is 123 Å². The van der Waals surface area contributed by atoms with Gasteiger partial charge in [0.25, 0.3) is 5.56 Å². The molecule has 2 aromatic heterocycles. The normalized spacial score (nSPS) is 65.5. The fourth-order valence-electron chi connectivity index (χ4n) is 3.30. The van der Waals surface area contributed by atoms with E-state index in [9.17, 15) is 11.0 Å². The van der Waals surface area contributed by atoms with Crippen LogP contribution in [0.25, 0.3) is 11.2 Å². The van der Waals surface area contributed by atoms with Gasteiger partial charge in [-0.15, -0.1) is 0 Å². The maximum Gasteiger partial charge on any atom is 0.332 e. The average Bonchev–Trinajstić information content (AvgIpc) is 3.38. The van der Waals surface area contributed by atoms with Gasteiger partial charge in [0.15, 0.2) is 5.65 Å². The van der Waals surface area contributed by atoms with Crippen LogP contribution in [0.2, 0.25) is 0 Å². The van der Waals surface area contributed by atoms with E-state index in [1.807, 2.05) is 0 Å². The molecular formula is C20H28N4O2. The minimum absolute atomic E-state index is 0.0366. The number of imidazole rings is 1. The van der Waals surface area contributed by atoms with Crippen LogP contribution in [0.3, 0.4) is 0 Å². The zero-order valence-electron chi connectivity index (χ0n) is 36.1. The van der Waals surface area contributed by atoms with Gasteiger partial charge in [0, 0.05) is 50.0 Å². The lowest BCUT2D eigenvalue weighted by Crippen LogP contribution is -2.40. The first-order valence-electron chi connectivity index (χ1n) is 19.1. The Kier molecular flexibility index (Phi) is 1.06. The highest BCUT2D eigenvalue weighted by molar-refractivity contribution is 5.70. The number of aromatic nitrogens is 4. The van der Waals surface area contributed by atoms with Crippen LogP contribution < -0.4 is 11.2 Å². The maximum absolute atomic E-state index is 13.8. The summed E-state index contributed by atoms with van der Waals surface area (Å²) in [5.74, 6) is -13.4. The van der Waals surface area contributed by atoms with E-state index >= 15 is 0 Å². The highest BCUT2D eigenvalue weighted by atomic mass is 16.2. The third-order valence-electron chi connectivity index (χ3n) is 4.39. The standard InChI is InChI=1S/C20H28N4O2/c1-3-5-23-16-15(17(25)24(6-4-2)19(23)26)21-18(22-16)20-10-12-7-13(11-20)9-14(20)8-12/h12-14H,3-11H2,1-2H3,(H,21,22)/i1D3,2D3,3D2,5D2,7D2,8D2,9D2,10D2,11D2,12D,13D,14D. The Labute approximate surface area is 184 Å². The molecule has 0 radical (unpaired) electrons. The predicted octanol–water partition coefficient (Wildman–Crippen LogP) is 2.78. The zero-order valence-corrected chi connectivity index (χ0v) is 13.1. The summed E-state index contributed by atoms with van der Waals surface area (Å²) < 4.78 is 193. The summed E-state index contributed by atoms with van der Waals surface area (Å²) in [4.78, 5) is 33.3. The van der Waals surface area contributed by atoms with E-state index in [1.165, 1.54) is 0 Å². The molecule has 6 rings (SSSR count). The van der Waals surface area contributed by atoms with Crippen LogP contribution in [-0.2, 0) is 18.5 Å². The lowest BCUT2D eigenvalue weighted by atomic mass is 9.75. The minimum Gasteiger partial charge on any atom is -0.336 e. The average molecular weight is 380 g/mol. The van der Waals surface area contributed by atoms with Gasteiger partial charge in [0.1, 0.15) is 11.3 Å². The number of H-pyrrole nitrogens is 1. The van der Waals surface area contributed by atoms with Crippen molar-refractivity contribution in [3.63, 3.8) is 0 Å². The van der Waals surface area contributed by atoms with Crippen LogP contribution in [0.4, 0.5) is 0 Å². The maximum atomic E-state index is 13.8. The van der Waals surface area contributed by atoms with Crippen LogP contribution in [0.1, 0.15) is 95.7 Å². The third kappa shape index (κ3) is 2.01. The van der Waals surface area contributed by atoms with Gasteiger partial charge in [-0.1, -0.05) is 13.7 Å². The molecule has 0 aliphatic heterocycles. The quantitative estimate of drug-likeness (QED) is 0.868. The van der Waals surface area contributed by atoms with Crippen molar-refractivity contribution in [1.82, 2.24) is 19.1 Å². The Morgan fingerprint density at radius 3 is 2.85 bits per heavy atom. The summed E-state index contributed by atoms with van der Waals surface area (Å²) >= 11 is 0. The molecule has 6 heteroatoms. The smallest absolute Gasteiger partial charge is 0.332 e. The van der Waals surface area contributed by atoms with Gasteiger partial charge in [-0.05, 0) is 62.3 Å². The molecule has 4 fully saturated rings. The topological polar surface area (TPSA) is 72.7 Å². The molecule has 4 saturated carbocycles. The Balaban J connectivity index is 2.04. The molecular weight excluding hydrogens is 328 g/mol. The van der Waals surface area contributed by atoms with Crippen LogP contribution in [0.5, 0.6) is 0 Å². The summed E-state index contributed by atoms with van der Waals surface area (Å²) in [7, 11) is 0. The number of nitrogens with zero attached hydrogens (tertiary/aromatic N) is 3. The molecule has 4 aliphatic carbocycles. The second-order valence-corrected chi connectivity index (χ2v) is 5.85. The van der Waals surface area contributed by atoms with Crippen molar-refractivity contribution in [3.8, 4) is 0 Å². The minimum atomic E-state index is -4.09. The third-order valence-corrected chi connectivity index (χ3v) is 4.39. The SMILES string of the molecule is [2H]C([2H])([2H])CCn1c(=O)c2[nH]c(C34C([2H])([2H])C5([2H])C([2H])([2H])C([2H])(C([2H])([2H])C3([2H])C5([2H])[2H])C4([2H])[2H])nc2n(C([2H])([2H])C([2H])([2H])C([2H])([2H])[2H])c1=O. The number of fused-ring (bicyclic) bond motifs is 1. The fraction of sp³-hybridized carbons (Fsp3) is 0.750. The number of rotatable bonds is 5. The van der Waals surface area contributed by atoms with Gasteiger partial charge in [-0.3, -0.25) is 13.9 Å². The van der Waals surface area contributed by atoms with Crippen LogP contribution in [0, 0.1) is 17.7 Å². The predicted molar refractivity (Wildman–Crippen MR) is 100 cm³/mol. The number of hydrogen-bond donors (Lipinski definition) is 1. The molecule has 2 atom stereocenters. The number of aromatic amines is 1. The Hall–Kier alpha value is -1.85. The van der Waals surface area contributed by atoms with Crippen molar-refractivity contribution in [2.75, 3.05) is 0 Å². The molecule has 0 aromatic carbocycles. The molecule has 0 spiro atoms. The van der Waals surface area contributed by atoms with Gasteiger partial charge in [-0.25, -0.2) is 9.78 Å². The lowest BCUT2D eigenvalue weighted by molar-refractivity contribution is 0.262. The second kappa shape index (κ2) is 5.57. The van der Waals surface area contributed by atoms with Crippen molar-refractivity contribution < 1.29 is 31.5 Å². The van der Waals surface area contributed by atoms with E-state index in [1.54, 1.807) is 0 Å².